The molecule has 1 saturated heterocycles. The van der Waals surface area contributed by atoms with Crippen LogP contribution < -0.4 is 10.1 Å². The van der Waals surface area contributed by atoms with E-state index in [1.54, 1.807) is 0 Å². The van der Waals surface area contributed by atoms with Crippen molar-refractivity contribution in [2.24, 2.45) is 0 Å². The van der Waals surface area contributed by atoms with Crippen molar-refractivity contribution in [3.63, 3.8) is 0 Å². The van der Waals surface area contributed by atoms with Crippen LogP contribution in [0.1, 0.15) is 29.9 Å². The van der Waals surface area contributed by atoms with Gasteiger partial charge >= 0.3 is 0 Å². The van der Waals surface area contributed by atoms with Crippen LogP contribution >= 0.6 is 0 Å². The Labute approximate surface area is 120 Å². The van der Waals surface area contributed by atoms with Crippen molar-refractivity contribution in [2.45, 2.75) is 25.4 Å². The van der Waals surface area contributed by atoms with Crippen molar-refractivity contribution < 1.29 is 4.74 Å². The minimum atomic E-state index is 0.629. The standard InChI is InChI=1S/C18H21NO/c1-2-6-15(7-3-1)14-20-18-10-4-8-16(12-18)17-9-5-11-19-13-17/h1-4,6-8,10,12,17,19H,5,9,11,13-14H2. The molecule has 0 radical (unpaired) electrons. The Balaban J connectivity index is 1.65. The fraction of sp³-hybridized carbons (Fsp3) is 0.333. The third kappa shape index (κ3) is 3.40. The first-order valence-electron chi connectivity index (χ1n) is 7.39. The molecular weight excluding hydrogens is 246 g/mol. The first-order chi connectivity index (χ1) is 9.92. The maximum Gasteiger partial charge on any atom is 0.120 e. The number of ether oxygens (including phenoxy) is 1. The molecule has 0 spiro atoms. The number of nitrogens with one attached hydrogen (secondary N) is 1. The zero-order chi connectivity index (χ0) is 13.6. The number of hydrogen-bond donors (Lipinski definition) is 1. The van der Waals surface area contributed by atoms with Gasteiger partial charge in [0.25, 0.3) is 0 Å². The van der Waals surface area contributed by atoms with Gasteiger partial charge in [0.2, 0.25) is 0 Å². The van der Waals surface area contributed by atoms with E-state index in [9.17, 15) is 0 Å². The molecule has 0 saturated carbocycles. The SMILES string of the molecule is c1ccc(COc2cccc(C3CCCNC3)c2)cc1. The summed E-state index contributed by atoms with van der Waals surface area (Å²) in [7, 11) is 0. The van der Waals surface area contributed by atoms with Gasteiger partial charge in [-0.25, -0.2) is 0 Å². The van der Waals surface area contributed by atoms with E-state index in [4.69, 9.17) is 4.74 Å². The molecule has 1 N–H and O–H groups in total. The Morgan fingerprint density at radius 3 is 2.75 bits per heavy atom. The number of hydrogen-bond acceptors (Lipinski definition) is 2. The summed E-state index contributed by atoms with van der Waals surface area (Å²) in [6, 6.07) is 18.9. The van der Waals surface area contributed by atoms with Gasteiger partial charge in [0.15, 0.2) is 0 Å². The molecule has 1 heterocycles. The van der Waals surface area contributed by atoms with Gasteiger partial charge in [0, 0.05) is 6.54 Å². The second kappa shape index (κ2) is 6.58. The molecule has 2 nitrogen and oxygen atoms in total. The molecule has 0 aliphatic carbocycles. The van der Waals surface area contributed by atoms with Crippen LogP contribution in [0.4, 0.5) is 0 Å². The summed E-state index contributed by atoms with van der Waals surface area (Å²) < 4.78 is 5.90. The predicted octanol–water partition coefficient (Wildman–Crippen LogP) is 3.73. The topological polar surface area (TPSA) is 21.3 Å². The molecule has 2 heteroatoms. The molecule has 1 aliphatic heterocycles. The molecule has 1 fully saturated rings. The number of piperidine rings is 1. The predicted molar refractivity (Wildman–Crippen MR) is 82.1 cm³/mol. The lowest BCUT2D eigenvalue weighted by molar-refractivity contribution is 0.305. The lowest BCUT2D eigenvalue weighted by atomic mass is 9.92. The summed E-state index contributed by atoms with van der Waals surface area (Å²) in [5, 5.41) is 3.47. The molecule has 3 rings (SSSR count). The summed E-state index contributed by atoms with van der Waals surface area (Å²) >= 11 is 0. The van der Waals surface area contributed by atoms with Gasteiger partial charge in [-0.05, 0) is 48.6 Å². The summed E-state index contributed by atoms with van der Waals surface area (Å²) in [5.74, 6) is 1.60. The fourth-order valence-corrected chi connectivity index (χ4v) is 2.74. The minimum Gasteiger partial charge on any atom is -0.489 e. The van der Waals surface area contributed by atoms with Crippen LogP contribution in [0, 0.1) is 0 Å². The summed E-state index contributed by atoms with van der Waals surface area (Å²) in [4.78, 5) is 0. The maximum atomic E-state index is 5.90. The van der Waals surface area contributed by atoms with Crippen molar-refractivity contribution in [1.82, 2.24) is 5.32 Å². The largest absolute Gasteiger partial charge is 0.489 e. The van der Waals surface area contributed by atoms with Gasteiger partial charge < -0.3 is 10.1 Å². The highest BCUT2D eigenvalue weighted by molar-refractivity contribution is 5.31. The maximum absolute atomic E-state index is 5.90. The molecule has 2 aromatic rings. The smallest absolute Gasteiger partial charge is 0.120 e. The quantitative estimate of drug-likeness (QED) is 0.911. The second-order valence-corrected chi connectivity index (χ2v) is 5.39. The van der Waals surface area contributed by atoms with Crippen LogP contribution in [0.3, 0.4) is 0 Å². The summed E-state index contributed by atoms with van der Waals surface area (Å²) in [6.45, 7) is 2.87. The Morgan fingerprint density at radius 1 is 1.05 bits per heavy atom. The Kier molecular flexibility index (Phi) is 4.34. The molecule has 1 atom stereocenters. The molecule has 1 aliphatic rings. The Bertz CT molecular complexity index is 532. The molecule has 104 valence electrons. The van der Waals surface area contributed by atoms with Crippen LogP contribution in [0.15, 0.2) is 54.6 Å². The van der Waals surface area contributed by atoms with Crippen LogP contribution in [0.5, 0.6) is 5.75 Å². The van der Waals surface area contributed by atoms with E-state index in [1.165, 1.54) is 24.0 Å². The van der Waals surface area contributed by atoms with Gasteiger partial charge in [-0.15, -0.1) is 0 Å². The van der Waals surface area contributed by atoms with Crippen LogP contribution in [0.2, 0.25) is 0 Å². The van der Waals surface area contributed by atoms with Gasteiger partial charge in [-0.1, -0.05) is 42.5 Å². The first kappa shape index (κ1) is 13.2. The third-order valence-electron chi connectivity index (χ3n) is 3.87. The van der Waals surface area contributed by atoms with E-state index < -0.39 is 0 Å². The van der Waals surface area contributed by atoms with Gasteiger partial charge in [-0.3, -0.25) is 0 Å². The van der Waals surface area contributed by atoms with E-state index in [1.807, 2.05) is 24.3 Å². The zero-order valence-corrected chi connectivity index (χ0v) is 11.7. The van der Waals surface area contributed by atoms with Crippen molar-refractivity contribution in [3.8, 4) is 5.75 Å². The monoisotopic (exact) mass is 267 g/mol. The zero-order valence-electron chi connectivity index (χ0n) is 11.7. The number of rotatable bonds is 4. The molecule has 20 heavy (non-hydrogen) atoms. The molecule has 0 bridgehead atoms. The van der Waals surface area contributed by atoms with Crippen molar-refractivity contribution in [1.29, 1.82) is 0 Å². The average Bonchev–Trinajstić information content (AvgIpc) is 2.55. The van der Waals surface area contributed by atoms with Gasteiger partial charge in [-0.2, -0.15) is 0 Å². The van der Waals surface area contributed by atoms with Crippen LogP contribution in [-0.4, -0.2) is 13.1 Å². The van der Waals surface area contributed by atoms with Crippen molar-refractivity contribution >= 4 is 0 Å². The molecule has 0 amide bonds. The van der Waals surface area contributed by atoms with E-state index in [-0.39, 0.29) is 0 Å². The first-order valence-corrected chi connectivity index (χ1v) is 7.39. The summed E-state index contributed by atoms with van der Waals surface area (Å²) in [5.41, 5.74) is 2.60. The number of benzene rings is 2. The lowest BCUT2D eigenvalue weighted by Gasteiger charge is -2.23. The van der Waals surface area contributed by atoms with Crippen LogP contribution in [0.25, 0.3) is 0 Å². The highest BCUT2D eigenvalue weighted by Gasteiger charge is 2.15. The fourth-order valence-electron chi connectivity index (χ4n) is 2.74. The molecule has 0 aromatic heterocycles. The third-order valence-corrected chi connectivity index (χ3v) is 3.87. The van der Waals surface area contributed by atoms with Gasteiger partial charge in [0.1, 0.15) is 12.4 Å². The lowest BCUT2D eigenvalue weighted by Crippen LogP contribution is -2.28. The van der Waals surface area contributed by atoms with Crippen LogP contribution in [-0.2, 0) is 6.61 Å². The highest BCUT2D eigenvalue weighted by Crippen LogP contribution is 2.26. The molecule has 2 aromatic carbocycles. The Morgan fingerprint density at radius 2 is 1.95 bits per heavy atom. The van der Waals surface area contributed by atoms with Crippen molar-refractivity contribution in [2.75, 3.05) is 13.1 Å². The van der Waals surface area contributed by atoms with E-state index in [2.05, 4.69) is 35.6 Å². The molecule has 1 unspecified atom stereocenters. The highest BCUT2D eigenvalue weighted by atomic mass is 16.5. The van der Waals surface area contributed by atoms with Gasteiger partial charge in [0.05, 0.1) is 0 Å². The normalized spacial score (nSPS) is 18.7. The second-order valence-electron chi connectivity index (χ2n) is 5.39. The van der Waals surface area contributed by atoms with Crippen molar-refractivity contribution in [3.05, 3.63) is 65.7 Å². The summed E-state index contributed by atoms with van der Waals surface area (Å²) in [6.07, 6.45) is 2.54. The van der Waals surface area contributed by atoms with E-state index in [0.29, 0.717) is 12.5 Å². The Hall–Kier alpha value is -1.80. The minimum absolute atomic E-state index is 0.629. The van der Waals surface area contributed by atoms with E-state index >= 15 is 0 Å². The average molecular weight is 267 g/mol. The van der Waals surface area contributed by atoms with E-state index in [0.717, 1.165) is 18.8 Å². The molecular formula is C18H21NO.